The van der Waals surface area contributed by atoms with E-state index in [1.54, 1.807) is 6.07 Å². The molecule has 3 aliphatic heterocycles. The van der Waals surface area contributed by atoms with Gasteiger partial charge in [-0.1, -0.05) is 24.3 Å². The Labute approximate surface area is 303 Å². The SMILES string of the molecule is CN1Cc2c(ccc3c2OCO3)[C@H]2[C@@H](OC(=O)CCCC(=O)NCCCOc3no[n+]([O-])c3S(=O)(=O)c3ccccc3)Cc3cc4c(cc3[C@H]21)OCO4. The molecule has 0 unspecified atom stereocenters. The minimum absolute atomic E-state index is 0.0439. The Morgan fingerprint density at radius 2 is 1.75 bits per heavy atom. The molecule has 1 aliphatic carbocycles. The summed E-state index contributed by atoms with van der Waals surface area (Å²) in [6.07, 6.45) is 0.684. The third-order valence-corrected chi connectivity index (χ3v) is 11.6. The number of nitrogens with zero attached hydrogens (tertiary/aromatic N) is 3. The maximum Gasteiger partial charge on any atom is 0.414 e. The smallest absolute Gasteiger partial charge is 0.414 e. The van der Waals surface area contributed by atoms with Crippen molar-refractivity contribution in [1.82, 2.24) is 15.4 Å². The summed E-state index contributed by atoms with van der Waals surface area (Å²) in [5.74, 6) is 1.45. The van der Waals surface area contributed by atoms with Crippen molar-refractivity contribution < 1.29 is 56.0 Å². The van der Waals surface area contributed by atoms with Crippen molar-refractivity contribution in [2.24, 2.45) is 0 Å². The fourth-order valence-electron chi connectivity index (χ4n) is 7.48. The lowest BCUT2D eigenvalue weighted by Crippen LogP contribution is -2.45. The summed E-state index contributed by atoms with van der Waals surface area (Å²) in [5.41, 5.74) is 4.19. The Morgan fingerprint density at radius 3 is 2.58 bits per heavy atom. The van der Waals surface area contributed by atoms with Crippen LogP contribution < -0.4 is 33.9 Å². The number of rotatable bonds is 12. The van der Waals surface area contributed by atoms with Gasteiger partial charge >= 0.3 is 16.9 Å². The van der Waals surface area contributed by atoms with Gasteiger partial charge in [-0.05, 0) is 71.8 Å². The summed E-state index contributed by atoms with van der Waals surface area (Å²) >= 11 is 0. The highest BCUT2D eigenvalue weighted by molar-refractivity contribution is 7.91. The normalized spacial score (nSPS) is 19.5. The molecule has 4 aromatic rings. The Kier molecular flexibility index (Phi) is 9.20. The molecule has 0 saturated heterocycles. The van der Waals surface area contributed by atoms with Crippen molar-refractivity contribution in [2.45, 2.75) is 66.6 Å². The maximum absolute atomic E-state index is 13.3. The second-order valence-electron chi connectivity index (χ2n) is 13.2. The van der Waals surface area contributed by atoms with Crippen LogP contribution in [0.25, 0.3) is 0 Å². The number of esters is 1. The standard InChI is InChI=1S/C36H36N4O12S/c1-39-18-25-23(11-12-26-34(25)50-20-47-26)32-29(16-21-15-27-28(49-19-48-27)17-24(21)33(32)39)51-31(42)10-5-9-30(41)37-13-6-14-46-35-36(40(43)52-38-35)53(44,45)22-7-3-2-4-8-22/h2-4,7-8,11-12,15,17,29,32-33H,5-6,9-10,13-14,16,18-20H2,1H3,(H,37,41)/t29-,32-,33+/m0/s1. The van der Waals surface area contributed by atoms with Gasteiger partial charge in [0.15, 0.2) is 23.0 Å². The van der Waals surface area contributed by atoms with Gasteiger partial charge in [-0.2, -0.15) is 0 Å². The third-order valence-electron chi connectivity index (χ3n) is 9.84. The van der Waals surface area contributed by atoms with Crippen LogP contribution in [0.3, 0.4) is 0 Å². The molecule has 4 aliphatic rings. The molecule has 0 saturated carbocycles. The lowest BCUT2D eigenvalue weighted by atomic mass is 9.70. The second-order valence-corrected chi connectivity index (χ2v) is 15.0. The molecular formula is C36H36N4O12S. The number of carbonyl (C=O) groups excluding carboxylic acids is 2. The first-order valence-electron chi connectivity index (χ1n) is 17.2. The second kappa shape index (κ2) is 14.1. The van der Waals surface area contributed by atoms with E-state index in [2.05, 4.69) is 20.0 Å². The number of carbonyl (C=O) groups is 2. The Hall–Kier alpha value is -5.55. The van der Waals surface area contributed by atoms with E-state index in [4.69, 9.17) is 28.4 Å². The Balaban J connectivity index is 0.854. The molecule has 0 fully saturated rings. The molecule has 17 heteroatoms. The summed E-state index contributed by atoms with van der Waals surface area (Å²) in [6, 6.07) is 15.2. The first-order valence-corrected chi connectivity index (χ1v) is 18.7. The average molecular weight is 749 g/mol. The summed E-state index contributed by atoms with van der Waals surface area (Å²) in [4.78, 5) is 27.8. The number of fused-ring (bicyclic) bond motifs is 8. The van der Waals surface area contributed by atoms with E-state index >= 15 is 0 Å². The first kappa shape index (κ1) is 34.5. The van der Waals surface area contributed by atoms with E-state index in [0.29, 0.717) is 30.2 Å². The van der Waals surface area contributed by atoms with Gasteiger partial charge in [0.25, 0.3) is 9.84 Å². The predicted molar refractivity (Wildman–Crippen MR) is 180 cm³/mol. The first-order chi connectivity index (χ1) is 25.7. The van der Waals surface area contributed by atoms with E-state index < -0.39 is 32.8 Å². The van der Waals surface area contributed by atoms with Crippen LogP contribution in [0.1, 0.15) is 59.9 Å². The monoisotopic (exact) mass is 748 g/mol. The van der Waals surface area contributed by atoms with Crippen LogP contribution in [-0.4, -0.2) is 70.2 Å². The van der Waals surface area contributed by atoms with Crippen LogP contribution in [0.2, 0.25) is 0 Å². The molecule has 1 amide bonds. The highest BCUT2D eigenvalue weighted by Gasteiger charge is 2.47. The quantitative estimate of drug-likeness (QED) is 0.126. The van der Waals surface area contributed by atoms with Crippen molar-refractivity contribution in [3.63, 3.8) is 0 Å². The van der Waals surface area contributed by atoms with Gasteiger partial charge in [0, 0.05) is 49.9 Å². The number of ether oxygens (including phenoxy) is 6. The number of nitrogens with one attached hydrogen (secondary N) is 1. The van der Waals surface area contributed by atoms with Crippen molar-refractivity contribution in [3.8, 4) is 28.9 Å². The topological polar surface area (TPSA) is 192 Å². The van der Waals surface area contributed by atoms with E-state index in [9.17, 15) is 23.2 Å². The molecule has 3 atom stereocenters. The lowest BCUT2D eigenvalue weighted by Gasteiger charge is -2.47. The molecular weight excluding hydrogens is 712 g/mol. The van der Waals surface area contributed by atoms with Crippen LogP contribution in [0.15, 0.2) is 69.1 Å². The summed E-state index contributed by atoms with van der Waals surface area (Å²) in [7, 11) is -2.19. The largest absolute Gasteiger partial charge is 0.461 e. The molecule has 53 heavy (non-hydrogen) atoms. The number of likely N-dealkylation sites (N-methyl/N-ethyl adjacent to an activating group) is 1. The maximum atomic E-state index is 13.3. The van der Waals surface area contributed by atoms with Crippen LogP contribution in [0, 0.1) is 5.21 Å². The summed E-state index contributed by atoms with van der Waals surface area (Å²) < 4.78 is 64.8. The lowest BCUT2D eigenvalue weighted by molar-refractivity contribution is -0.832. The number of hydrogen-bond acceptors (Lipinski definition) is 14. The van der Waals surface area contributed by atoms with Crippen LogP contribution in [-0.2, 0) is 37.1 Å². The fraction of sp³-hybridized carbons (Fsp3) is 0.389. The molecule has 1 N–H and O–H groups in total. The third kappa shape index (κ3) is 6.54. The zero-order valence-corrected chi connectivity index (χ0v) is 29.5. The van der Waals surface area contributed by atoms with Crippen molar-refractivity contribution >= 4 is 21.7 Å². The van der Waals surface area contributed by atoms with E-state index in [-0.39, 0.29) is 80.1 Å². The highest BCUT2D eigenvalue weighted by atomic mass is 32.2. The van der Waals surface area contributed by atoms with Gasteiger partial charge in [-0.3, -0.25) is 19.1 Å². The highest BCUT2D eigenvalue weighted by Crippen LogP contribution is 2.54. The van der Waals surface area contributed by atoms with Crippen LogP contribution in [0.5, 0.6) is 28.9 Å². The van der Waals surface area contributed by atoms with E-state index in [0.717, 1.165) is 28.0 Å². The van der Waals surface area contributed by atoms with Crippen molar-refractivity contribution in [3.05, 3.63) is 82.1 Å². The minimum Gasteiger partial charge on any atom is -0.461 e. The molecule has 4 heterocycles. The molecule has 0 spiro atoms. The molecule has 1 aromatic heterocycles. The predicted octanol–water partition coefficient (Wildman–Crippen LogP) is 3.09. The van der Waals surface area contributed by atoms with E-state index in [1.165, 1.54) is 24.3 Å². The fourth-order valence-corrected chi connectivity index (χ4v) is 8.77. The van der Waals surface area contributed by atoms with Crippen LogP contribution in [0.4, 0.5) is 0 Å². The summed E-state index contributed by atoms with van der Waals surface area (Å²) in [6.45, 7) is 1.08. The van der Waals surface area contributed by atoms with Crippen molar-refractivity contribution in [1.29, 1.82) is 0 Å². The van der Waals surface area contributed by atoms with Crippen LogP contribution >= 0.6 is 0 Å². The van der Waals surface area contributed by atoms with Gasteiger partial charge < -0.3 is 38.9 Å². The number of amides is 1. The Bertz CT molecular complexity index is 2160. The van der Waals surface area contributed by atoms with Gasteiger partial charge in [0.1, 0.15) is 6.10 Å². The molecule has 0 bridgehead atoms. The molecule has 8 rings (SSSR count). The average Bonchev–Trinajstić information content (AvgIpc) is 3.91. The zero-order valence-electron chi connectivity index (χ0n) is 28.6. The van der Waals surface area contributed by atoms with Crippen molar-refractivity contribution in [2.75, 3.05) is 33.8 Å². The van der Waals surface area contributed by atoms with Gasteiger partial charge in [-0.25, -0.2) is 8.42 Å². The number of sulfone groups is 1. The molecule has 3 aromatic carbocycles. The Morgan fingerprint density at radius 1 is 0.981 bits per heavy atom. The van der Waals surface area contributed by atoms with Gasteiger partial charge in [0.05, 0.1) is 16.7 Å². The number of hydrogen-bond donors (Lipinski definition) is 1. The minimum atomic E-state index is -4.24. The van der Waals surface area contributed by atoms with Gasteiger partial charge in [0.2, 0.25) is 19.5 Å². The molecule has 16 nitrogen and oxygen atoms in total. The van der Waals surface area contributed by atoms with E-state index in [1.807, 2.05) is 31.3 Å². The molecule has 278 valence electrons. The molecule has 0 radical (unpaired) electrons. The number of aromatic nitrogens is 2. The van der Waals surface area contributed by atoms with Gasteiger partial charge in [-0.15, -0.1) is 0 Å². The summed E-state index contributed by atoms with van der Waals surface area (Å²) in [5, 5.41) is 17.5. The zero-order chi connectivity index (χ0) is 36.7. The number of benzene rings is 3.